The van der Waals surface area contributed by atoms with Crippen molar-refractivity contribution in [1.82, 2.24) is 14.8 Å². The summed E-state index contributed by atoms with van der Waals surface area (Å²) in [6.45, 7) is 12.2. The fraction of sp³-hybridized carbons (Fsp3) is 0.515. The minimum atomic E-state index is -0.520. The van der Waals surface area contributed by atoms with Crippen molar-refractivity contribution in [3.63, 3.8) is 0 Å². The summed E-state index contributed by atoms with van der Waals surface area (Å²) in [5.74, 6) is 2.25. The Balaban J connectivity index is 1.29. The van der Waals surface area contributed by atoms with Gasteiger partial charge in [0.05, 0.1) is 24.9 Å². The molecule has 0 bridgehead atoms. The Morgan fingerprint density at radius 1 is 1.02 bits per heavy atom. The van der Waals surface area contributed by atoms with Crippen LogP contribution in [0, 0.1) is 5.92 Å². The Bertz CT molecular complexity index is 1330. The molecule has 5 rings (SSSR count). The number of anilines is 1. The van der Waals surface area contributed by atoms with Crippen molar-refractivity contribution >= 4 is 22.7 Å². The summed E-state index contributed by atoms with van der Waals surface area (Å²) in [5, 5.41) is 1.16. The van der Waals surface area contributed by atoms with Gasteiger partial charge in [0.25, 0.3) is 0 Å². The fourth-order valence-electron chi connectivity index (χ4n) is 5.71. The number of carbonyl (C=O) groups is 1. The number of amides is 1. The van der Waals surface area contributed by atoms with Gasteiger partial charge in [-0.1, -0.05) is 0 Å². The van der Waals surface area contributed by atoms with E-state index in [4.69, 9.17) is 19.2 Å². The van der Waals surface area contributed by atoms with Crippen LogP contribution >= 0.6 is 0 Å². The zero-order chi connectivity index (χ0) is 29.0. The van der Waals surface area contributed by atoms with Crippen LogP contribution in [0.3, 0.4) is 0 Å². The quantitative estimate of drug-likeness (QED) is 0.314. The predicted octanol–water partition coefficient (Wildman–Crippen LogP) is 6.08. The van der Waals surface area contributed by atoms with Crippen LogP contribution in [0.5, 0.6) is 11.5 Å². The Kier molecular flexibility index (Phi) is 8.88. The molecule has 2 saturated heterocycles. The van der Waals surface area contributed by atoms with Gasteiger partial charge in [-0.25, -0.2) is 9.78 Å². The zero-order valence-electron chi connectivity index (χ0n) is 25.2. The number of methoxy groups -OCH3 is 1. The summed E-state index contributed by atoms with van der Waals surface area (Å²) in [7, 11) is 3.41. The number of pyridine rings is 1. The van der Waals surface area contributed by atoms with E-state index in [0.717, 1.165) is 46.7 Å². The van der Waals surface area contributed by atoms with Crippen LogP contribution in [0.4, 0.5) is 10.5 Å². The van der Waals surface area contributed by atoms with Gasteiger partial charge in [0.15, 0.2) is 0 Å². The monoisotopic (exact) mass is 560 g/mol. The molecule has 2 aliphatic rings. The fourth-order valence-corrected chi connectivity index (χ4v) is 5.71. The highest BCUT2D eigenvalue weighted by Gasteiger charge is 2.27. The molecule has 220 valence electrons. The molecule has 1 amide bonds. The maximum Gasteiger partial charge on any atom is 0.410 e. The van der Waals surface area contributed by atoms with Gasteiger partial charge in [-0.05, 0) is 102 Å². The number of hydrogen-bond donors (Lipinski definition) is 0. The molecule has 0 saturated carbocycles. The Morgan fingerprint density at radius 2 is 1.76 bits per heavy atom. The second-order valence-corrected chi connectivity index (χ2v) is 12.3. The van der Waals surface area contributed by atoms with E-state index in [1.807, 2.05) is 57.2 Å². The number of hydrogen-bond acceptors (Lipinski definition) is 7. The van der Waals surface area contributed by atoms with Crippen molar-refractivity contribution in [3.8, 4) is 22.8 Å². The zero-order valence-corrected chi connectivity index (χ0v) is 25.2. The highest BCUT2D eigenvalue weighted by atomic mass is 16.6. The van der Waals surface area contributed by atoms with Gasteiger partial charge in [-0.2, -0.15) is 0 Å². The van der Waals surface area contributed by atoms with E-state index in [0.29, 0.717) is 19.1 Å². The Labute approximate surface area is 244 Å². The van der Waals surface area contributed by atoms with Crippen LogP contribution in [0.2, 0.25) is 0 Å². The summed E-state index contributed by atoms with van der Waals surface area (Å²) >= 11 is 0. The molecule has 2 fully saturated rings. The summed E-state index contributed by atoms with van der Waals surface area (Å²) in [4.78, 5) is 23.9. The first-order valence-electron chi connectivity index (χ1n) is 14.8. The molecule has 8 nitrogen and oxygen atoms in total. The minimum absolute atomic E-state index is 0.355. The highest BCUT2D eigenvalue weighted by molar-refractivity contribution is 5.95. The molecule has 8 heteroatoms. The molecule has 2 aromatic carbocycles. The number of fused-ring (bicyclic) bond motifs is 1. The predicted molar refractivity (Wildman–Crippen MR) is 164 cm³/mol. The van der Waals surface area contributed by atoms with E-state index in [1.54, 1.807) is 14.2 Å². The first kappa shape index (κ1) is 29.0. The molecule has 41 heavy (non-hydrogen) atoms. The lowest BCUT2D eigenvalue weighted by Gasteiger charge is -2.24. The molecule has 0 aliphatic carbocycles. The van der Waals surface area contributed by atoms with Gasteiger partial charge in [0.2, 0.25) is 0 Å². The molecule has 2 aliphatic heterocycles. The van der Waals surface area contributed by atoms with Crippen LogP contribution < -0.4 is 14.4 Å². The molecule has 0 radical (unpaired) electrons. The molecular weight excluding hydrogens is 516 g/mol. The molecule has 1 atom stereocenters. The first-order chi connectivity index (χ1) is 19.7. The topological polar surface area (TPSA) is 67.4 Å². The lowest BCUT2D eigenvalue weighted by molar-refractivity contribution is 0.0278. The highest BCUT2D eigenvalue weighted by Crippen LogP contribution is 2.36. The van der Waals surface area contributed by atoms with E-state index in [2.05, 4.69) is 21.9 Å². The average Bonchev–Trinajstić information content (AvgIpc) is 3.64. The van der Waals surface area contributed by atoms with Crippen LogP contribution in [-0.4, -0.2) is 86.5 Å². The molecule has 0 N–H and O–H groups in total. The van der Waals surface area contributed by atoms with E-state index in [-0.39, 0.29) is 6.09 Å². The number of ether oxygens (including phenoxy) is 3. The summed E-state index contributed by atoms with van der Waals surface area (Å²) in [6.07, 6.45) is 3.54. The number of benzene rings is 2. The third-order valence-electron chi connectivity index (χ3n) is 7.89. The van der Waals surface area contributed by atoms with Crippen LogP contribution in [0.25, 0.3) is 22.2 Å². The third kappa shape index (κ3) is 7.41. The Morgan fingerprint density at radius 3 is 2.46 bits per heavy atom. The summed E-state index contributed by atoms with van der Waals surface area (Å²) in [6, 6.07) is 16.4. The summed E-state index contributed by atoms with van der Waals surface area (Å²) in [5.41, 5.74) is 3.61. The van der Waals surface area contributed by atoms with Crippen molar-refractivity contribution in [3.05, 3.63) is 48.5 Å². The lowest BCUT2D eigenvalue weighted by Crippen LogP contribution is -2.36. The van der Waals surface area contributed by atoms with Crippen LogP contribution in [-0.2, 0) is 4.74 Å². The maximum atomic E-state index is 12.2. The second-order valence-electron chi connectivity index (χ2n) is 12.3. The number of likely N-dealkylation sites (tertiary alicyclic amines) is 1. The van der Waals surface area contributed by atoms with Crippen molar-refractivity contribution < 1.29 is 19.0 Å². The second kappa shape index (κ2) is 12.6. The molecule has 1 aromatic heterocycles. The van der Waals surface area contributed by atoms with Crippen molar-refractivity contribution in [1.29, 1.82) is 0 Å². The lowest BCUT2D eigenvalue weighted by atomic mass is 10.1. The first-order valence-corrected chi connectivity index (χ1v) is 14.8. The van der Waals surface area contributed by atoms with Crippen molar-refractivity contribution in [2.75, 3.05) is 64.9 Å². The van der Waals surface area contributed by atoms with Gasteiger partial charge in [0.1, 0.15) is 23.7 Å². The maximum absolute atomic E-state index is 12.2. The number of likely N-dealkylation sites (N-methyl/N-ethyl adjacent to an activating group) is 1. The molecular formula is C33H44N4O4. The Hall–Kier alpha value is -3.52. The van der Waals surface area contributed by atoms with Crippen molar-refractivity contribution in [2.45, 2.75) is 45.6 Å². The van der Waals surface area contributed by atoms with Gasteiger partial charge in [-0.3, -0.25) is 0 Å². The number of nitrogens with zero attached hydrogens (tertiary/aromatic N) is 4. The SMILES string of the molecule is COc1ccc2c(N3CCC(CN4CCCC4)C3)cc(-c3ccc(OCCN(C)C(=O)OC(C)(C)C)cc3)nc2c1. The molecule has 3 heterocycles. The van der Waals surface area contributed by atoms with E-state index < -0.39 is 5.60 Å². The largest absolute Gasteiger partial charge is 0.497 e. The third-order valence-corrected chi connectivity index (χ3v) is 7.89. The smallest absolute Gasteiger partial charge is 0.410 e. The average molecular weight is 561 g/mol. The van der Waals surface area contributed by atoms with Crippen molar-refractivity contribution in [2.24, 2.45) is 5.92 Å². The van der Waals surface area contributed by atoms with Gasteiger partial charge in [-0.15, -0.1) is 0 Å². The minimum Gasteiger partial charge on any atom is -0.497 e. The van der Waals surface area contributed by atoms with Crippen LogP contribution in [0.1, 0.15) is 40.0 Å². The number of aromatic nitrogens is 1. The summed E-state index contributed by atoms with van der Waals surface area (Å²) < 4.78 is 16.9. The molecule has 1 unspecified atom stereocenters. The normalized spacial score (nSPS) is 17.7. The molecule has 0 spiro atoms. The van der Waals surface area contributed by atoms with E-state index >= 15 is 0 Å². The standard InChI is InChI=1S/C33H44N4O4/c1-33(2,3)41-32(38)35(4)18-19-40-26-10-8-25(9-11-26)29-21-31(28-13-12-27(39-5)20-30(28)34-29)37-17-14-24(23-37)22-36-15-6-7-16-36/h8-13,20-21,24H,6-7,14-19,22-23H2,1-5H3. The number of carbonyl (C=O) groups excluding carboxylic acids is 1. The van der Waals surface area contributed by atoms with Crippen LogP contribution in [0.15, 0.2) is 48.5 Å². The van der Waals surface area contributed by atoms with E-state index in [1.165, 1.54) is 49.5 Å². The van der Waals surface area contributed by atoms with Gasteiger partial charge >= 0.3 is 6.09 Å². The van der Waals surface area contributed by atoms with Gasteiger partial charge in [0, 0.05) is 49.4 Å². The van der Waals surface area contributed by atoms with Gasteiger partial charge < -0.3 is 28.9 Å². The van der Waals surface area contributed by atoms with E-state index in [9.17, 15) is 4.79 Å². The number of rotatable bonds is 9. The molecule has 3 aromatic rings.